The molecule has 5 nitrogen and oxygen atoms in total. The van der Waals surface area contributed by atoms with Gasteiger partial charge < -0.3 is 4.42 Å². The average molecular weight is 235 g/mol. The highest BCUT2D eigenvalue weighted by Crippen LogP contribution is 2.11. The van der Waals surface area contributed by atoms with Crippen molar-refractivity contribution in [2.45, 2.75) is 13.8 Å². The first kappa shape index (κ1) is 11.3. The van der Waals surface area contributed by atoms with Gasteiger partial charge in [0.2, 0.25) is 5.89 Å². The van der Waals surface area contributed by atoms with Crippen LogP contribution in [0.4, 0.5) is 10.4 Å². The Labute approximate surface area is 96.7 Å². The van der Waals surface area contributed by atoms with Gasteiger partial charge in [0.1, 0.15) is 5.82 Å². The first-order valence-electron chi connectivity index (χ1n) is 4.94. The Morgan fingerprint density at radius 3 is 2.71 bits per heavy atom. The Morgan fingerprint density at radius 2 is 2.12 bits per heavy atom. The van der Waals surface area contributed by atoms with E-state index < -0.39 is 5.91 Å². The minimum Gasteiger partial charge on any atom is -0.408 e. The van der Waals surface area contributed by atoms with Crippen LogP contribution in [0, 0.1) is 19.7 Å². The molecule has 0 radical (unpaired) electrons. The van der Waals surface area contributed by atoms with Crippen molar-refractivity contribution in [3.8, 4) is 0 Å². The van der Waals surface area contributed by atoms with Crippen molar-refractivity contribution in [2.24, 2.45) is 0 Å². The lowest BCUT2D eigenvalue weighted by atomic mass is 10.1. The molecule has 1 N–H and O–H groups in total. The Balaban J connectivity index is 2.17. The molecule has 0 atom stereocenters. The van der Waals surface area contributed by atoms with Crippen LogP contribution in [0.5, 0.6) is 0 Å². The standard InChI is InChI=1S/C11H10FN3O2/c1-6-5-8(3-4-9(6)12)10(16)13-11-15-14-7(2)17-11/h3-5H,1-2H3,(H,13,15,16). The zero-order valence-electron chi connectivity index (χ0n) is 9.32. The summed E-state index contributed by atoms with van der Waals surface area (Å²) in [6.45, 7) is 3.20. The van der Waals surface area contributed by atoms with Crippen LogP contribution in [-0.2, 0) is 0 Å². The zero-order chi connectivity index (χ0) is 12.4. The molecule has 0 fully saturated rings. The number of carbonyl (C=O) groups excluding carboxylic acids is 1. The van der Waals surface area contributed by atoms with Gasteiger partial charge in [0.15, 0.2) is 0 Å². The van der Waals surface area contributed by atoms with Gasteiger partial charge in [0, 0.05) is 12.5 Å². The summed E-state index contributed by atoms with van der Waals surface area (Å²) in [5, 5.41) is 9.63. The second-order valence-corrected chi connectivity index (χ2v) is 3.54. The third-order valence-electron chi connectivity index (χ3n) is 2.17. The molecule has 0 bridgehead atoms. The summed E-state index contributed by atoms with van der Waals surface area (Å²) in [7, 11) is 0. The molecule has 2 aromatic rings. The van der Waals surface area contributed by atoms with Gasteiger partial charge in [-0.25, -0.2) is 4.39 Å². The second kappa shape index (κ2) is 4.32. The number of nitrogens with one attached hydrogen (secondary N) is 1. The Kier molecular flexibility index (Phi) is 2.86. The summed E-state index contributed by atoms with van der Waals surface area (Å²) in [4.78, 5) is 11.7. The lowest BCUT2D eigenvalue weighted by Crippen LogP contribution is -2.12. The number of amides is 1. The van der Waals surface area contributed by atoms with Crippen LogP contribution in [0.1, 0.15) is 21.8 Å². The normalized spacial score (nSPS) is 10.3. The summed E-state index contributed by atoms with van der Waals surface area (Å²) in [5.74, 6) is -0.414. The van der Waals surface area contributed by atoms with Gasteiger partial charge in [-0.1, -0.05) is 5.10 Å². The highest BCUT2D eigenvalue weighted by Gasteiger charge is 2.11. The molecule has 2 rings (SSSR count). The molecule has 0 saturated carbocycles. The topological polar surface area (TPSA) is 68.0 Å². The van der Waals surface area contributed by atoms with Crippen molar-refractivity contribution in [3.05, 3.63) is 41.0 Å². The maximum atomic E-state index is 13.0. The summed E-state index contributed by atoms with van der Waals surface area (Å²) < 4.78 is 18.0. The number of benzene rings is 1. The first-order valence-corrected chi connectivity index (χ1v) is 4.94. The van der Waals surface area contributed by atoms with E-state index in [-0.39, 0.29) is 11.8 Å². The highest BCUT2D eigenvalue weighted by atomic mass is 19.1. The van der Waals surface area contributed by atoms with Crippen molar-refractivity contribution in [1.82, 2.24) is 10.2 Å². The largest absolute Gasteiger partial charge is 0.408 e. The third-order valence-corrected chi connectivity index (χ3v) is 2.17. The fourth-order valence-corrected chi connectivity index (χ4v) is 1.30. The number of aryl methyl sites for hydroxylation is 2. The van der Waals surface area contributed by atoms with E-state index in [9.17, 15) is 9.18 Å². The minimum atomic E-state index is -0.420. The first-order chi connectivity index (χ1) is 8.06. The molecule has 1 aromatic heterocycles. The van der Waals surface area contributed by atoms with Crippen LogP contribution in [0.25, 0.3) is 0 Å². The molecule has 88 valence electrons. The molecule has 17 heavy (non-hydrogen) atoms. The SMILES string of the molecule is Cc1nnc(NC(=O)c2ccc(F)c(C)c2)o1. The van der Waals surface area contributed by atoms with E-state index in [0.717, 1.165) is 0 Å². The molecule has 0 aliphatic rings. The van der Waals surface area contributed by atoms with Gasteiger partial charge >= 0.3 is 6.01 Å². The highest BCUT2D eigenvalue weighted by molar-refractivity contribution is 6.03. The quantitative estimate of drug-likeness (QED) is 0.865. The van der Waals surface area contributed by atoms with Crippen LogP contribution in [-0.4, -0.2) is 16.1 Å². The van der Waals surface area contributed by atoms with Crippen LogP contribution in [0.15, 0.2) is 22.6 Å². The number of carbonyl (C=O) groups is 1. The van der Waals surface area contributed by atoms with Crippen LogP contribution in [0.2, 0.25) is 0 Å². The van der Waals surface area contributed by atoms with E-state index in [4.69, 9.17) is 4.42 Å². The van der Waals surface area contributed by atoms with E-state index in [0.29, 0.717) is 17.0 Å². The number of hydrogen-bond donors (Lipinski definition) is 1. The number of rotatable bonds is 2. The average Bonchev–Trinajstić information content (AvgIpc) is 2.68. The van der Waals surface area contributed by atoms with Gasteiger partial charge in [0.05, 0.1) is 0 Å². The molecule has 0 unspecified atom stereocenters. The molecule has 0 aliphatic heterocycles. The number of hydrogen-bond acceptors (Lipinski definition) is 4. The smallest absolute Gasteiger partial charge is 0.322 e. The molecule has 1 aromatic carbocycles. The van der Waals surface area contributed by atoms with E-state index in [1.165, 1.54) is 18.2 Å². The van der Waals surface area contributed by atoms with E-state index >= 15 is 0 Å². The fourth-order valence-electron chi connectivity index (χ4n) is 1.30. The predicted molar refractivity (Wildman–Crippen MR) is 58.1 cm³/mol. The van der Waals surface area contributed by atoms with Gasteiger partial charge in [-0.3, -0.25) is 10.1 Å². The zero-order valence-corrected chi connectivity index (χ0v) is 9.32. The summed E-state index contributed by atoms with van der Waals surface area (Å²) in [6.07, 6.45) is 0. The number of anilines is 1. The van der Waals surface area contributed by atoms with Crippen LogP contribution < -0.4 is 5.32 Å². The number of aromatic nitrogens is 2. The van der Waals surface area contributed by atoms with E-state index in [1.54, 1.807) is 13.8 Å². The van der Waals surface area contributed by atoms with Crippen LogP contribution >= 0.6 is 0 Å². The minimum absolute atomic E-state index is 0.0227. The van der Waals surface area contributed by atoms with Crippen molar-refractivity contribution in [2.75, 3.05) is 5.32 Å². The predicted octanol–water partition coefficient (Wildman–Crippen LogP) is 2.08. The lowest BCUT2D eigenvalue weighted by molar-refractivity contribution is 0.102. The third kappa shape index (κ3) is 2.47. The van der Waals surface area contributed by atoms with Crippen molar-refractivity contribution in [1.29, 1.82) is 0 Å². The summed E-state index contributed by atoms with van der Waals surface area (Å²) >= 11 is 0. The monoisotopic (exact) mass is 235 g/mol. The van der Waals surface area contributed by atoms with Crippen molar-refractivity contribution < 1.29 is 13.6 Å². The fraction of sp³-hybridized carbons (Fsp3) is 0.182. The molecule has 0 aliphatic carbocycles. The molecule has 1 amide bonds. The van der Waals surface area contributed by atoms with Gasteiger partial charge in [-0.2, -0.15) is 0 Å². The Hall–Kier alpha value is -2.24. The molecule has 6 heteroatoms. The molecular formula is C11H10FN3O2. The Bertz CT molecular complexity index is 566. The van der Waals surface area contributed by atoms with Gasteiger partial charge in [-0.15, -0.1) is 5.10 Å². The van der Waals surface area contributed by atoms with E-state index in [2.05, 4.69) is 15.5 Å². The maximum absolute atomic E-state index is 13.0. The number of nitrogens with zero attached hydrogens (tertiary/aromatic N) is 2. The lowest BCUT2D eigenvalue weighted by Gasteiger charge is -2.02. The van der Waals surface area contributed by atoms with Crippen molar-refractivity contribution in [3.63, 3.8) is 0 Å². The van der Waals surface area contributed by atoms with Crippen molar-refractivity contribution >= 4 is 11.9 Å². The Morgan fingerprint density at radius 1 is 1.35 bits per heavy atom. The molecule has 0 spiro atoms. The maximum Gasteiger partial charge on any atom is 0.322 e. The van der Waals surface area contributed by atoms with Crippen LogP contribution in [0.3, 0.4) is 0 Å². The van der Waals surface area contributed by atoms with Gasteiger partial charge in [0.25, 0.3) is 5.91 Å². The van der Waals surface area contributed by atoms with Gasteiger partial charge in [-0.05, 0) is 30.7 Å². The second-order valence-electron chi connectivity index (χ2n) is 3.54. The molecule has 0 saturated heterocycles. The molecular weight excluding hydrogens is 225 g/mol. The molecule has 1 heterocycles. The summed E-state index contributed by atoms with van der Waals surface area (Å²) in [6, 6.07) is 4.10. The number of halogens is 1. The summed E-state index contributed by atoms with van der Waals surface area (Å²) in [5.41, 5.74) is 0.735. The van der Waals surface area contributed by atoms with E-state index in [1.807, 2.05) is 0 Å².